The summed E-state index contributed by atoms with van der Waals surface area (Å²) in [5.74, 6) is -2.25. The van der Waals surface area contributed by atoms with Gasteiger partial charge in [-0.2, -0.15) is 0 Å². The van der Waals surface area contributed by atoms with Crippen molar-refractivity contribution in [3.63, 3.8) is 0 Å². The van der Waals surface area contributed by atoms with E-state index in [2.05, 4.69) is 35.6 Å². The number of carboxylic acid groups (broad SMARTS) is 1. The molecule has 0 aromatic heterocycles. The minimum atomic E-state index is -0.899. The highest BCUT2D eigenvalue weighted by Gasteiger charge is 2.41. The second-order valence-corrected chi connectivity index (χ2v) is 11.0. The Kier molecular flexibility index (Phi) is 7.29. The number of rotatable bonds is 6. The molecule has 0 saturated heterocycles. The number of nitrogens with zero attached hydrogens (tertiary/aromatic N) is 1. The van der Waals surface area contributed by atoms with E-state index >= 15 is 0 Å². The number of carboxylic acids is 1. The second-order valence-electron chi connectivity index (χ2n) is 11.0. The van der Waals surface area contributed by atoms with Gasteiger partial charge in [0.15, 0.2) is 0 Å². The lowest BCUT2D eigenvalue weighted by atomic mass is 9.77. The van der Waals surface area contributed by atoms with Crippen molar-refractivity contribution < 1.29 is 24.2 Å². The van der Waals surface area contributed by atoms with Crippen molar-refractivity contribution in [2.24, 2.45) is 11.8 Å². The standard InChI is InChI=1S/C33H34N2O5/c36-31(27-15-7-8-16-28(27)32(37)38)35-18-17-21-9-1-2-10-22(21)30(35)19-34-33(39)40-20-29-25-13-5-3-11-23(25)24-12-4-6-14-26(24)29/h1-6,9-14,27-30H,7-8,15-20H2,(H,34,39)(H,37,38)/t27-,28+,30-/m1/s1. The maximum absolute atomic E-state index is 13.8. The smallest absolute Gasteiger partial charge is 0.407 e. The van der Waals surface area contributed by atoms with Gasteiger partial charge in [0.2, 0.25) is 5.91 Å². The van der Waals surface area contributed by atoms with Crippen molar-refractivity contribution in [2.75, 3.05) is 19.7 Å². The predicted molar refractivity (Wildman–Crippen MR) is 151 cm³/mol. The van der Waals surface area contributed by atoms with E-state index in [9.17, 15) is 19.5 Å². The maximum Gasteiger partial charge on any atom is 0.407 e. The van der Waals surface area contributed by atoms with Crippen LogP contribution in [0.2, 0.25) is 0 Å². The third kappa shape index (κ3) is 4.85. The Balaban J connectivity index is 1.16. The zero-order valence-corrected chi connectivity index (χ0v) is 22.4. The van der Waals surface area contributed by atoms with Gasteiger partial charge in [-0.1, -0.05) is 85.6 Å². The van der Waals surface area contributed by atoms with E-state index in [1.807, 2.05) is 42.5 Å². The first-order chi connectivity index (χ1) is 19.5. The molecule has 3 aliphatic rings. The van der Waals surface area contributed by atoms with Gasteiger partial charge >= 0.3 is 12.1 Å². The van der Waals surface area contributed by atoms with E-state index in [0.717, 1.165) is 35.1 Å². The highest BCUT2D eigenvalue weighted by molar-refractivity contribution is 5.85. The summed E-state index contributed by atoms with van der Waals surface area (Å²) in [5.41, 5.74) is 6.77. The molecule has 0 unspecified atom stereocenters. The molecule has 2 amide bonds. The van der Waals surface area contributed by atoms with Crippen LogP contribution >= 0.6 is 0 Å². The summed E-state index contributed by atoms with van der Waals surface area (Å²) >= 11 is 0. The molecule has 6 rings (SSSR count). The van der Waals surface area contributed by atoms with E-state index in [1.165, 1.54) is 11.1 Å². The van der Waals surface area contributed by atoms with Gasteiger partial charge in [-0.25, -0.2) is 4.79 Å². The maximum atomic E-state index is 13.8. The fourth-order valence-electron chi connectivity index (χ4n) is 6.90. The molecule has 7 nitrogen and oxygen atoms in total. The van der Waals surface area contributed by atoms with Crippen molar-refractivity contribution >= 4 is 18.0 Å². The molecule has 0 bridgehead atoms. The Morgan fingerprint density at radius 3 is 2.10 bits per heavy atom. The normalized spacial score (nSPS) is 21.6. The second kappa shape index (κ2) is 11.2. The molecule has 1 aliphatic heterocycles. The topological polar surface area (TPSA) is 95.9 Å². The first-order valence-electron chi connectivity index (χ1n) is 14.2. The van der Waals surface area contributed by atoms with Crippen LogP contribution in [-0.4, -0.2) is 47.7 Å². The summed E-state index contributed by atoms with van der Waals surface area (Å²) in [4.78, 5) is 40.5. The van der Waals surface area contributed by atoms with Gasteiger partial charge in [-0.3, -0.25) is 9.59 Å². The van der Waals surface area contributed by atoms with Crippen molar-refractivity contribution in [3.8, 4) is 11.1 Å². The van der Waals surface area contributed by atoms with Crippen LogP contribution in [0.3, 0.4) is 0 Å². The van der Waals surface area contributed by atoms with Gasteiger partial charge in [-0.05, 0) is 52.6 Å². The molecule has 1 fully saturated rings. The number of ether oxygens (including phenoxy) is 1. The number of carbonyl (C=O) groups is 3. The van der Waals surface area contributed by atoms with Crippen LogP contribution in [0.4, 0.5) is 4.79 Å². The molecule has 3 aromatic rings. The van der Waals surface area contributed by atoms with Crippen LogP contribution in [0.15, 0.2) is 72.8 Å². The average molecular weight is 539 g/mol. The lowest BCUT2D eigenvalue weighted by Gasteiger charge is -2.41. The van der Waals surface area contributed by atoms with Gasteiger partial charge in [0.1, 0.15) is 6.61 Å². The van der Waals surface area contributed by atoms with Crippen LogP contribution < -0.4 is 5.32 Å². The highest BCUT2D eigenvalue weighted by atomic mass is 16.5. The van der Waals surface area contributed by atoms with Gasteiger partial charge in [0.05, 0.1) is 17.9 Å². The minimum absolute atomic E-state index is 0.0362. The predicted octanol–water partition coefficient (Wildman–Crippen LogP) is 5.54. The molecule has 1 heterocycles. The van der Waals surface area contributed by atoms with Gasteiger partial charge in [-0.15, -0.1) is 0 Å². The first kappa shape index (κ1) is 26.1. The lowest BCUT2D eigenvalue weighted by Crippen LogP contribution is -2.49. The summed E-state index contributed by atoms with van der Waals surface area (Å²) in [5, 5.41) is 12.7. The Bertz CT molecular complexity index is 1390. The van der Waals surface area contributed by atoms with E-state index in [4.69, 9.17) is 4.74 Å². The van der Waals surface area contributed by atoms with Crippen molar-refractivity contribution in [2.45, 2.75) is 44.1 Å². The minimum Gasteiger partial charge on any atom is -0.481 e. The Morgan fingerprint density at radius 1 is 0.825 bits per heavy atom. The molecule has 2 N–H and O–H groups in total. The van der Waals surface area contributed by atoms with Crippen LogP contribution in [0.1, 0.15) is 59.9 Å². The zero-order chi connectivity index (χ0) is 27.6. The largest absolute Gasteiger partial charge is 0.481 e. The van der Waals surface area contributed by atoms with Crippen molar-refractivity contribution in [1.29, 1.82) is 0 Å². The van der Waals surface area contributed by atoms with Crippen molar-refractivity contribution in [1.82, 2.24) is 10.2 Å². The summed E-state index contributed by atoms with van der Waals surface area (Å²) in [6.07, 6.45) is 2.97. The number of hydrogen-bond acceptors (Lipinski definition) is 4. The van der Waals surface area contributed by atoms with Crippen LogP contribution in [0, 0.1) is 11.8 Å². The molecule has 1 saturated carbocycles. The number of alkyl carbamates (subject to hydrolysis) is 1. The average Bonchev–Trinajstić information content (AvgIpc) is 3.32. The summed E-state index contributed by atoms with van der Waals surface area (Å²) in [7, 11) is 0. The van der Waals surface area contributed by atoms with E-state index in [1.54, 1.807) is 4.90 Å². The molecule has 3 atom stereocenters. The fourth-order valence-corrected chi connectivity index (χ4v) is 6.90. The number of fused-ring (bicyclic) bond motifs is 4. The van der Waals surface area contributed by atoms with Crippen LogP contribution in [-0.2, 0) is 20.7 Å². The van der Waals surface area contributed by atoms with E-state index in [0.29, 0.717) is 25.8 Å². The number of hydrogen-bond donors (Lipinski definition) is 2. The summed E-state index contributed by atoms with van der Waals surface area (Å²) in [6.45, 7) is 0.908. The van der Waals surface area contributed by atoms with Gasteiger partial charge in [0.25, 0.3) is 0 Å². The quantitative estimate of drug-likeness (QED) is 0.430. The molecule has 0 radical (unpaired) electrons. The number of benzene rings is 3. The first-order valence-corrected chi connectivity index (χ1v) is 14.2. The Morgan fingerprint density at radius 2 is 1.43 bits per heavy atom. The highest BCUT2D eigenvalue weighted by Crippen LogP contribution is 2.44. The molecule has 3 aromatic carbocycles. The third-order valence-electron chi connectivity index (χ3n) is 8.88. The molecule has 206 valence electrons. The number of amides is 2. The lowest BCUT2D eigenvalue weighted by molar-refractivity contribution is -0.153. The molecule has 0 spiro atoms. The van der Waals surface area contributed by atoms with Crippen molar-refractivity contribution in [3.05, 3.63) is 95.1 Å². The van der Waals surface area contributed by atoms with Gasteiger partial charge < -0.3 is 20.1 Å². The molecule has 40 heavy (non-hydrogen) atoms. The van der Waals surface area contributed by atoms with Crippen LogP contribution in [0.5, 0.6) is 0 Å². The fraction of sp³-hybridized carbons (Fsp3) is 0.364. The Labute approximate surface area is 234 Å². The Hall–Kier alpha value is -4.13. The monoisotopic (exact) mass is 538 g/mol. The summed E-state index contributed by atoms with van der Waals surface area (Å²) < 4.78 is 5.75. The molecule has 2 aliphatic carbocycles. The molecular weight excluding hydrogens is 504 g/mol. The van der Waals surface area contributed by atoms with Gasteiger partial charge in [0, 0.05) is 19.0 Å². The number of nitrogens with one attached hydrogen (secondary N) is 1. The number of carbonyl (C=O) groups excluding carboxylic acids is 2. The van der Waals surface area contributed by atoms with E-state index in [-0.39, 0.29) is 31.0 Å². The SMILES string of the molecule is O=C(NC[C@@H]1c2ccccc2CCN1C(=O)[C@@H]1CCCC[C@@H]1C(=O)O)OCC1c2ccccc2-c2ccccc21. The van der Waals surface area contributed by atoms with E-state index < -0.39 is 23.9 Å². The number of aliphatic carboxylic acids is 1. The third-order valence-corrected chi connectivity index (χ3v) is 8.88. The summed E-state index contributed by atoms with van der Waals surface area (Å²) in [6, 6.07) is 24.0. The molecule has 7 heteroatoms. The van der Waals surface area contributed by atoms with Crippen LogP contribution in [0.25, 0.3) is 11.1 Å². The zero-order valence-electron chi connectivity index (χ0n) is 22.4. The molecular formula is C33H34N2O5.